The van der Waals surface area contributed by atoms with E-state index in [-0.39, 0.29) is 0 Å². The normalized spacial score (nSPS) is 10.5. The molecule has 0 saturated carbocycles. The van der Waals surface area contributed by atoms with Crippen molar-refractivity contribution < 1.29 is 0 Å². The molecule has 3 aromatic rings. The van der Waals surface area contributed by atoms with Gasteiger partial charge in [-0.3, -0.25) is 4.98 Å². The van der Waals surface area contributed by atoms with Gasteiger partial charge in [-0.25, -0.2) is 9.97 Å². The first kappa shape index (κ1) is 13.3. The summed E-state index contributed by atoms with van der Waals surface area (Å²) < 4.78 is 2.13. The van der Waals surface area contributed by atoms with Crippen molar-refractivity contribution in [2.75, 3.05) is 11.9 Å². The van der Waals surface area contributed by atoms with Crippen molar-refractivity contribution in [2.45, 2.75) is 13.5 Å². The molecule has 0 aromatic carbocycles. The zero-order chi connectivity index (χ0) is 14.5. The molecule has 5 heteroatoms. The average Bonchev–Trinajstić information content (AvgIpc) is 2.99. The van der Waals surface area contributed by atoms with Crippen LogP contribution >= 0.6 is 0 Å². The Morgan fingerprint density at radius 1 is 1.05 bits per heavy atom. The van der Waals surface area contributed by atoms with Crippen molar-refractivity contribution in [1.29, 1.82) is 0 Å². The maximum absolute atomic E-state index is 4.42. The zero-order valence-corrected chi connectivity index (χ0v) is 11.9. The molecule has 3 heterocycles. The first-order valence-corrected chi connectivity index (χ1v) is 6.91. The molecule has 0 saturated heterocycles. The quantitative estimate of drug-likeness (QED) is 0.780. The van der Waals surface area contributed by atoms with E-state index in [2.05, 4.69) is 37.8 Å². The minimum atomic E-state index is 0.798. The number of aromatic nitrogens is 4. The summed E-state index contributed by atoms with van der Waals surface area (Å²) in [6.45, 7) is 3.68. The minimum absolute atomic E-state index is 0.798. The minimum Gasteiger partial charge on any atom is -0.368 e. The zero-order valence-electron chi connectivity index (χ0n) is 11.9. The van der Waals surface area contributed by atoms with Crippen molar-refractivity contribution in [3.8, 4) is 11.4 Å². The fraction of sp³-hybridized carbons (Fsp3) is 0.188. The van der Waals surface area contributed by atoms with Gasteiger partial charge in [0.2, 0.25) is 0 Å². The number of aryl methyl sites for hydroxylation is 1. The molecule has 0 amide bonds. The van der Waals surface area contributed by atoms with Crippen LogP contribution in [0.15, 0.2) is 55.2 Å². The summed E-state index contributed by atoms with van der Waals surface area (Å²) in [5.41, 5.74) is 2.22. The highest BCUT2D eigenvalue weighted by Crippen LogP contribution is 2.16. The molecule has 0 fully saturated rings. The van der Waals surface area contributed by atoms with Gasteiger partial charge in [0.25, 0.3) is 0 Å². The molecule has 3 aromatic heterocycles. The van der Waals surface area contributed by atoms with Gasteiger partial charge in [0, 0.05) is 49.6 Å². The lowest BCUT2D eigenvalue weighted by Gasteiger charge is -2.10. The van der Waals surface area contributed by atoms with Gasteiger partial charge in [0.05, 0.1) is 0 Å². The van der Waals surface area contributed by atoms with Crippen LogP contribution in [0.2, 0.25) is 0 Å². The van der Waals surface area contributed by atoms with Crippen LogP contribution in [0.5, 0.6) is 0 Å². The Morgan fingerprint density at radius 3 is 2.71 bits per heavy atom. The summed E-state index contributed by atoms with van der Waals surface area (Å²) in [6, 6.07) is 7.93. The van der Waals surface area contributed by atoms with Gasteiger partial charge in [-0.2, -0.15) is 0 Å². The van der Waals surface area contributed by atoms with Crippen molar-refractivity contribution in [1.82, 2.24) is 19.5 Å². The van der Waals surface area contributed by atoms with E-state index in [0.717, 1.165) is 35.9 Å². The van der Waals surface area contributed by atoms with E-state index >= 15 is 0 Å². The molecule has 0 unspecified atom stereocenters. The highest BCUT2D eigenvalue weighted by Gasteiger charge is 2.05. The monoisotopic (exact) mass is 279 g/mol. The largest absolute Gasteiger partial charge is 0.368 e. The van der Waals surface area contributed by atoms with Gasteiger partial charge < -0.3 is 9.88 Å². The maximum Gasteiger partial charge on any atom is 0.140 e. The smallest absolute Gasteiger partial charge is 0.140 e. The van der Waals surface area contributed by atoms with Crippen LogP contribution in [0, 0.1) is 6.92 Å². The Kier molecular flexibility index (Phi) is 3.91. The molecule has 0 aliphatic rings. The Labute approximate surface area is 123 Å². The van der Waals surface area contributed by atoms with Crippen LogP contribution < -0.4 is 5.32 Å². The fourth-order valence-electron chi connectivity index (χ4n) is 2.22. The molecular formula is C16H17N5. The molecule has 5 nitrogen and oxygen atoms in total. The van der Waals surface area contributed by atoms with Gasteiger partial charge >= 0.3 is 0 Å². The molecule has 3 rings (SSSR count). The second-order valence-electron chi connectivity index (χ2n) is 4.78. The lowest BCUT2D eigenvalue weighted by molar-refractivity contribution is 0.733. The predicted octanol–water partition coefficient (Wildman–Crippen LogP) is 2.76. The number of pyridine rings is 2. The van der Waals surface area contributed by atoms with Crippen LogP contribution in [0.1, 0.15) is 5.56 Å². The van der Waals surface area contributed by atoms with Crippen molar-refractivity contribution in [2.24, 2.45) is 0 Å². The second kappa shape index (κ2) is 6.17. The standard InChI is InChI=1S/C16H17N5/c1-13-3-2-6-18-15(13)19-9-11-21-12-10-20-16(21)14-4-7-17-8-5-14/h2-8,10,12H,9,11H2,1H3,(H,18,19). The van der Waals surface area contributed by atoms with Crippen molar-refractivity contribution >= 4 is 5.82 Å². The van der Waals surface area contributed by atoms with E-state index in [1.807, 2.05) is 30.6 Å². The van der Waals surface area contributed by atoms with E-state index in [0.29, 0.717) is 0 Å². The molecule has 21 heavy (non-hydrogen) atoms. The van der Waals surface area contributed by atoms with E-state index < -0.39 is 0 Å². The second-order valence-corrected chi connectivity index (χ2v) is 4.78. The Balaban J connectivity index is 1.67. The number of hydrogen-bond acceptors (Lipinski definition) is 4. The first-order chi connectivity index (χ1) is 10.3. The van der Waals surface area contributed by atoms with Gasteiger partial charge in [0.1, 0.15) is 11.6 Å². The highest BCUT2D eigenvalue weighted by atomic mass is 15.1. The lowest BCUT2D eigenvalue weighted by Crippen LogP contribution is -2.12. The van der Waals surface area contributed by atoms with E-state index in [4.69, 9.17) is 0 Å². The van der Waals surface area contributed by atoms with E-state index in [1.54, 1.807) is 18.6 Å². The number of imidazole rings is 1. The van der Waals surface area contributed by atoms with Crippen molar-refractivity contribution in [3.63, 3.8) is 0 Å². The topological polar surface area (TPSA) is 55.6 Å². The summed E-state index contributed by atoms with van der Waals surface area (Å²) in [5.74, 6) is 1.89. The summed E-state index contributed by atoms with van der Waals surface area (Å²) in [4.78, 5) is 12.8. The van der Waals surface area contributed by atoms with E-state index in [1.165, 1.54) is 0 Å². The summed E-state index contributed by atoms with van der Waals surface area (Å²) >= 11 is 0. The molecule has 0 aliphatic carbocycles. The number of nitrogens with one attached hydrogen (secondary N) is 1. The summed E-state index contributed by atoms with van der Waals surface area (Å²) in [6.07, 6.45) is 9.17. The van der Waals surface area contributed by atoms with Crippen LogP contribution in [0.4, 0.5) is 5.82 Å². The Morgan fingerprint density at radius 2 is 1.90 bits per heavy atom. The number of nitrogens with zero attached hydrogens (tertiary/aromatic N) is 4. The Hall–Kier alpha value is -2.69. The highest BCUT2D eigenvalue weighted by molar-refractivity contribution is 5.54. The van der Waals surface area contributed by atoms with Crippen LogP contribution in [-0.2, 0) is 6.54 Å². The van der Waals surface area contributed by atoms with Crippen molar-refractivity contribution in [3.05, 3.63) is 60.8 Å². The molecule has 0 bridgehead atoms. The molecule has 1 N–H and O–H groups in total. The number of rotatable bonds is 5. The third-order valence-electron chi connectivity index (χ3n) is 3.31. The maximum atomic E-state index is 4.42. The average molecular weight is 279 g/mol. The Bertz CT molecular complexity index is 705. The molecule has 0 atom stereocenters. The number of anilines is 1. The summed E-state index contributed by atoms with van der Waals surface area (Å²) in [7, 11) is 0. The molecule has 0 aliphatic heterocycles. The third-order valence-corrected chi connectivity index (χ3v) is 3.31. The van der Waals surface area contributed by atoms with Gasteiger partial charge in [-0.15, -0.1) is 0 Å². The number of hydrogen-bond donors (Lipinski definition) is 1. The van der Waals surface area contributed by atoms with E-state index in [9.17, 15) is 0 Å². The first-order valence-electron chi connectivity index (χ1n) is 6.91. The van der Waals surface area contributed by atoms with Crippen LogP contribution in [0.25, 0.3) is 11.4 Å². The third kappa shape index (κ3) is 3.08. The molecule has 0 spiro atoms. The fourth-order valence-corrected chi connectivity index (χ4v) is 2.22. The van der Waals surface area contributed by atoms with Gasteiger partial charge in [0.15, 0.2) is 0 Å². The lowest BCUT2D eigenvalue weighted by atomic mass is 10.2. The molecular weight excluding hydrogens is 262 g/mol. The summed E-state index contributed by atoms with van der Waals surface area (Å²) in [5, 5.41) is 3.36. The molecule has 0 radical (unpaired) electrons. The van der Waals surface area contributed by atoms with Gasteiger partial charge in [-0.05, 0) is 30.7 Å². The molecule has 106 valence electrons. The van der Waals surface area contributed by atoms with Crippen LogP contribution in [0.3, 0.4) is 0 Å². The van der Waals surface area contributed by atoms with Crippen LogP contribution in [-0.4, -0.2) is 26.1 Å². The SMILES string of the molecule is Cc1cccnc1NCCn1ccnc1-c1ccncc1. The van der Waals surface area contributed by atoms with Gasteiger partial charge in [-0.1, -0.05) is 6.07 Å². The predicted molar refractivity (Wildman–Crippen MR) is 82.9 cm³/mol.